The van der Waals surface area contributed by atoms with E-state index in [0.717, 1.165) is 39.1 Å². The van der Waals surface area contributed by atoms with Crippen LogP contribution < -0.4 is 4.72 Å². The molecule has 6 nitrogen and oxygen atoms in total. The first-order valence-corrected chi connectivity index (χ1v) is 9.91. The van der Waals surface area contributed by atoms with Crippen LogP contribution in [0.3, 0.4) is 0 Å². The van der Waals surface area contributed by atoms with Crippen molar-refractivity contribution in [2.45, 2.75) is 48.5 Å². The summed E-state index contributed by atoms with van der Waals surface area (Å²) in [6, 6.07) is 6.48. The Morgan fingerprint density at radius 2 is 2.12 bits per heavy atom. The fourth-order valence-corrected chi connectivity index (χ4v) is 4.58. The molecule has 2 aliphatic carbocycles. The van der Waals surface area contributed by atoms with Gasteiger partial charge in [0, 0.05) is 16.6 Å². The normalized spacial score (nSPS) is 19.7. The second-order valence-electron chi connectivity index (χ2n) is 7.11. The average Bonchev–Trinajstić information content (AvgIpc) is 3.47. The Balaban J connectivity index is 1.48. The molecule has 0 radical (unpaired) electrons. The van der Waals surface area contributed by atoms with Crippen molar-refractivity contribution in [1.82, 2.24) is 24.3 Å². The van der Waals surface area contributed by atoms with Crippen molar-refractivity contribution < 1.29 is 0 Å². The second kappa shape index (κ2) is 5.27. The summed E-state index contributed by atoms with van der Waals surface area (Å²) in [5.41, 5.74) is 1.70. The zero-order chi connectivity index (χ0) is 17.1. The van der Waals surface area contributed by atoms with Crippen molar-refractivity contribution >= 4 is 28.9 Å². The van der Waals surface area contributed by atoms with E-state index in [1.807, 2.05) is 12.3 Å². The van der Waals surface area contributed by atoms with Crippen molar-refractivity contribution in [1.29, 1.82) is 5.26 Å². The SMILES string of the molecule is CC1(NSc2ccc3ncc(-c4nnc(C5(C#N)CC5)s4)n3c2)CC1. The Bertz CT molecular complexity index is 1010. The fraction of sp³-hybridized carbons (Fsp3) is 0.412. The molecule has 3 aromatic rings. The highest BCUT2D eigenvalue weighted by atomic mass is 32.2. The van der Waals surface area contributed by atoms with Crippen LogP contribution in [0.2, 0.25) is 0 Å². The predicted octanol–water partition coefficient (Wildman–Crippen LogP) is 3.56. The van der Waals surface area contributed by atoms with E-state index >= 15 is 0 Å². The quantitative estimate of drug-likeness (QED) is 0.694. The van der Waals surface area contributed by atoms with Gasteiger partial charge in [0.25, 0.3) is 0 Å². The lowest BCUT2D eigenvalue weighted by molar-refractivity contribution is 0.701. The largest absolute Gasteiger partial charge is 0.296 e. The van der Waals surface area contributed by atoms with Gasteiger partial charge in [-0.1, -0.05) is 11.3 Å². The molecule has 3 heterocycles. The van der Waals surface area contributed by atoms with Gasteiger partial charge in [-0.2, -0.15) is 5.26 Å². The molecule has 0 aromatic carbocycles. The third-order valence-electron chi connectivity index (χ3n) is 4.91. The molecule has 0 saturated heterocycles. The lowest BCUT2D eigenvalue weighted by atomic mass is 10.1. The molecule has 3 aromatic heterocycles. The van der Waals surface area contributed by atoms with E-state index < -0.39 is 0 Å². The molecule has 0 amide bonds. The maximum atomic E-state index is 9.35. The van der Waals surface area contributed by atoms with E-state index in [1.165, 1.54) is 24.2 Å². The smallest absolute Gasteiger partial charge is 0.166 e. The van der Waals surface area contributed by atoms with Crippen LogP contribution in [0.5, 0.6) is 0 Å². The topological polar surface area (TPSA) is 78.9 Å². The Hall–Kier alpha value is -1.95. The molecular weight excluding hydrogens is 352 g/mol. The number of rotatable bonds is 5. The second-order valence-corrected chi connectivity index (χ2v) is 8.96. The lowest BCUT2D eigenvalue weighted by Crippen LogP contribution is -2.19. The minimum Gasteiger partial charge on any atom is -0.296 e. The number of nitrogens with zero attached hydrogens (tertiary/aromatic N) is 5. The van der Waals surface area contributed by atoms with E-state index in [-0.39, 0.29) is 11.0 Å². The monoisotopic (exact) mass is 368 g/mol. The lowest BCUT2D eigenvalue weighted by Gasteiger charge is -2.10. The van der Waals surface area contributed by atoms with E-state index in [9.17, 15) is 5.26 Å². The number of pyridine rings is 1. The van der Waals surface area contributed by atoms with E-state index in [0.29, 0.717) is 0 Å². The molecule has 1 N–H and O–H groups in total. The number of fused-ring (bicyclic) bond motifs is 1. The standard InChI is InChI=1S/C17H16N6S2/c1-16(4-5-16)22-25-11-2-3-13-19-8-12(23(13)9-11)14-20-21-15(24-14)17(10-18)6-7-17/h2-3,8-9,22H,4-7H2,1H3. The summed E-state index contributed by atoms with van der Waals surface area (Å²) in [5.74, 6) is 0. The maximum Gasteiger partial charge on any atom is 0.166 e. The van der Waals surface area contributed by atoms with Crippen molar-refractivity contribution in [2.24, 2.45) is 0 Å². The summed E-state index contributed by atoms with van der Waals surface area (Å²) in [6.07, 6.45) is 8.14. The third-order valence-corrected chi connectivity index (χ3v) is 7.13. The van der Waals surface area contributed by atoms with Crippen LogP contribution in [-0.2, 0) is 5.41 Å². The van der Waals surface area contributed by atoms with Crippen LogP contribution >= 0.6 is 23.3 Å². The Morgan fingerprint density at radius 1 is 1.28 bits per heavy atom. The van der Waals surface area contributed by atoms with E-state index in [4.69, 9.17) is 0 Å². The fourth-order valence-electron chi connectivity index (χ4n) is 2.67. The number of hydrogen-bond donors (Lipinski definition) is 1. The molecule has 126 valence electrons. The number of nitriles is 1. The summed E-state index contributed by atoms with van der Waals surface area (Å²) < 4.78 is 5.58. The van der Waals surface area contributed by atoms with Crippen molar-refractivity contribution in [3.8, 4) is 16.8 Å². The summed E-state index contributed by atoms with van der Waals surface area (Å²) in [6.45, 7) is 2.24. The summed E-state index contributed by atoms with van der Waals surface area (Å²) in [4.78, 5) is 5.61. The highest BCUT2D eigenvalue weighted by Crippen LogP contribution is 2.49. The maximum absolute atomic E-state index is 9.35. The van der Waals surface area contributed by atoms with Crippen molar-refractivity contribution in [2.75, 3.05) is 0 Å². The van der Waals surface area contributed by atoms with Gasteiger partial charge in [-0.25, -0.2) is 4.98 Å². The van der Waals surface area contributed by atoms with Crippen LogP contribution in [0.25, 0.3) is 16.3 Å². The zero-order valence-electron chi connectivity index (χ0n) is 13.7. The minimum atomic E-state index is -0.388. The summed E-state index contributed by atoms with van der Waals surface area (Å²) in [7, 11) is 0. The van der Waals surface area contributed by atoms with Gasteiger partial charge >= 0.3 is 0 Å². The first kappa shape index (κ1) is 15.3. The highest BCUT2D eigenvalue weighted by Gasteiger charge is 2.48. The molecule has 2 fully saturated rings. The van der Waals surface area contributed by atoms with Crippen LogP contribution in [0.1, 0.15) is 37.6 Å². The highest BCUT2D eigenvalue weighted by molar-refractivity contribution is 7.97. The van der Waals surface area contributed by atoms with Gasteiger partial charge in [0.05, 0.1) is 12.3 Å². The number of hydrogen-bond acceptors (Lipinski definition) is 7. The minimum absolute atomic E-state index is 0.279. The van der Waals surface area contributed by atoms with Gasteiger partial charge in [0.2, 0.25) is 0 Å². The Labute approximate surface area is 153 Å². The van der Waals surface area contributed by atoms with Gasteiger partial charge < -0.3 is 0 Å². The summed E-state index contributed by atoms with van der Waals surface area (Å²) in [5, 5.41) is 19.6. The Kier molecular flexibility index (Phi) is 3.23. The number of imidazole rings is 1. The molecular formula is C17H16N6S2. The molecule has 0 unspecified atom stereocenters. The zero-order valence-corrected chi connectivity index (χ0v) is 15.3. The van der Waals surface area contributed by atoms with Gasteiger partial charge in [0.1, 0.15) is 21.8 Å². The molecule has 0 bridgehead atoms. The first-order valence-electron chi connectivity index (χ1n) is 8.28. The first-order chi connectivity index (χ1) is 12.1. The van der Waals surface area contributed by atoms with Crippen LogP contribution in [0, 0.1) is 11.3 Å². The van der Waals surface area contributed by atoms with Gasteiger partial charge in [-0.05, 0) is 56.7 Å². The molecule has 0 atom stereocenters. The molecule has 8 heteroatoms. The van der Waals surface area contributed by atoms with Gasteiger partial charge in [-0.15, -0.1) is 10.2 Å². The molecule has 2 saturated carbocycles. The molecule has 0 aliphatic heterocycles. The Morgan fingerprint density at radius 3 is 2.84 bits per heavy atom. The molecule has 0 spiro atoms. The van der Waals surface area contributed by atoms with Gasteiger partial charge in [-0.3, -0.25) is 9.12 Å². The van der Waals surface area contributed by atoms with Crippen LogP contribution in [-0.4, -0.2) is 25.1 Å². The number of nitrogens with one attached hydrogen (secondary N) is 1. The van der Waals surface area contributed by atoms with E-state index in [2.05, 4.69) is 49.6 Å². The average molecular weight is 368 g/mol. The van der Waals surface area contributed by atoms with Crippen molar-refractivity contribution in [3.05, 3.63) is 29.5 Å². The van der Waals surface area contributed by atoms with Crippen LogP contribution in [0.4, 0.5) is 0 Å². The number of aromatic nitrogens is 4. The predicted molar refractivity (Wildman–Crippen MR) is 97.3 cm³/mol. The third kappa shape index (κ3) is 2.63. The van der Waals surface area contributed by atoms with Gasteiger partial charge in [0.15, 0.2) is 5.01 Å². The molecule has 25 heavy (non-hydrogen) atoms. The summed E-state index contributed by atoms with van der Waals surface area (Å²) >= 11 is 3.17. The molecule has 5 rings (SSSR count). The van der Waals surface area contributed by atoms with Crippen LogP contribution in [0.15, 0.2) is 29.4 Å². The molecule has 2 aliphatic rings. The van der Waals surface area contributed by atoms with E-state index in [1.54, 1.807) is 11.9 Å². The van der Waals surface area contributed by atoms with Crippen molar-refractivity contribution in [3.63, 3.8) is 0 Å².